The van der Waals surface area contributed by atoms with Crippen LogP contribution in [0, 0.1) is 0 Å². The molecule has 0 amide bonds. The van der Waals surface area contributed by atoms with Gasteiger partial charge in [0.2, 0.25) is 0 Å². The van der Waals surface area contributed by atoms with Crippen LogP contribution in [0.5, 0.6) is 0 Å². The quantitative estimate of drug-likeness (QED) is 0.0195. The van der Waals surface area contributed by atoms with Gasteiger partial charge >= 0.3 is 11.9 Å². The minimum Gasteiger partial charge on any atom is -0.756 e. The number of likely N-dealkylation sites (N-methyl/N-ethyl adjacent to an activating group) is 1. The third-order valence-electron chi connectivity index (χ3n) is 17.6. The first-order chi connectivity index (χ1) is 43.5. The number of carbonyl (C=O) groups is 2. The second-order valence-corrected chi connectivity index (χ2v) is 29.1. The minimum atomic E-state index is -4.64. The van der Waals surface area contributed by atoms with E-state index in [-0.39, 0.29) is 32.0 Å². The fraction of sp³-hybridized carbons (Fsp3) is 0.873. The van der Waals surface area contributed by atoms with Crippen LogP contribution in [0.3, 0.4) is 0 Å². The van der Waals surface area contributed by atoms with Crippen LogP contribution < -0.4 is 4.89 Å². The summed E-state index contributed by atoms with van der Waals surface area (Å²) in [6, 6.07) is 0. The van der Waals surface area contributed by atoms with E-state index in [0.29, 0.717) is 17.4 Å². The lowest BCUT2D eigenvalue weighted by Crippen LogP contribution is -2.37. The molecule has 2 atom stereocenters. The number of allylic oxidation sites excluding steroid dienone is 8. The van der Waals surface area contributed by atoms with Crippen LogP contribution >= 0.6 is 7.82 Å². The van der Waals surface area contributed by atoms with Gasteiger partial charge in [0.1, 0.15) is 19.8 Å². The van der Waals surface area contributed by atoms with Gasteiger partial charge in [0.25, 0.3) is 7.82 Å². The number of phosphoric acid groups is 1. The highest BCUT2D eigenvalue weighted by atomic mass is 31.2. The second-order valence-electron chi connectivity index (χ2n) is 27.7. The van der Waals surface area contributed by atoms with Crippen molar-refractivity contribution in [3.05, 3.63) is 48.6 Å². The molecule has 0 fully saturated rings. The van der Waals surface area contributed by atoms with E-state index >= 15 is 0 Å². The van der Waals surface area contributed by atoms with Crippen LogP contribution in [0.4, 0.5) is 0 Å². The van der Waals surface area contributed by atoms with Crippen LogP contribution in [0.2, 0.25) is 0 Å². The third-order valence-corrected chi connectivity index (χ3v) is 18.6. The summed E-state index contributed by atoms with van der Waals surface area (Å²) in [6.07, 6.45) is 92.3. The van der Waals surface area contributed by atoms with E-state index in [1.165, 1.54) is 302 Å². The average molecular weight is 1270 g/mol. The molecule has 10 heteroatoms. The standard InChI is InChI=1S/C79H150NO8P/c1-6-8-10-12-14-16-18-20-22-24-26-28-30-32-34-36-38-39-40-41-42-44-46-48-50-52-54-56-58-60-62-64-66-68-70-72-79(82)88-77(76-87-89(83,84)86-74-73-80(3,4)5)75-85-78(81)71-69-67-65-63-61-59-57-55-53-51-49-47-45-43-37-35-33-31-29-27-25-23-21-19-17-15-13-11-9-7-2/h8,10,14,16,20,22,26,28,77H,6-7,9,11-13,15,17-19,21,23-25,27,29-76H2,1-5H3/b10-8-,16-14-,22-20-,28-26-. The molecule has 0 saturated heterocycles. The summed E-state index contributed by atoms with van der Waals surface area (Å²) < 4.78 is 34.4. The molecule has 0 saturated carbocycles. The fourth-order valence-electron chi connectivity index (χ4n) is 11.7. The first kappa shape index (κ1) is 87.0. The van der Waals surface area contributed by atoms with E-state index in [0.717, 1.165) is 57.8 Å². The predicted molar refractivity (Wildman–Crippen MR) is 384 cm³/mol. The monoisotopic (exact) mass is 1270 g/mol. The first-order valence-electron chi connectivity index (χ1n) is 38.8. The number of rotatable bonds is 73. The molecular weight excluding hydrogens is 1120 g/mol. The van der Waals surface area contributed by atoms with Crippen molar-refractivity contribution in [3.8, 4) is 0 Å². The van der Waals surface area contributed by atoms with Crippen LogP contribution in [0.15, 0.2) is 48.6 Å². The highest BCUT2D eigenvalue weighted by Crippen LogP contribution is 2.38. The van der Waals surface area contributed by atoms with Gasteiger partial charge < -0.3 is 27.9 Å². The van der Waals surface area contributed by atoms with Crippen LogP contribution in [0.1, 0.15) is 393 Å². The smallest absolute Gasteiger partial charge is 0.306 e. The Morgan fingerprint density at radius 3 is 0.955 bits per heavy atom. The molecule has 0 aromatic heterocycles. The topological polar surface area (TPSA) is 111 Å². The molecule has 0 aliphatic rings. The molecule has 2 unspecified atom stereocenters. The predicted octanol–water partition coefficient (Wildman–Crippen LogP) is 24.9. The molecule has 0 aliphatic heterocycles. The second kappa shape index (κ2) is 70.3. The normalized spacial score (nSPS) is 13.3. The molecule has 9 nitrogen and oxygen atoms in total. The highest BCUT2D eigenvalue weighted by Gasteiger charge is 2.22. The lowest BCUT2D eigenvalue weighted by atomic mass is 10.0. The van der Waals surface area contributed by atoms with Crippen LogP contribution in [-0.4, -0.2) is 70.0 Å². The number of hydrogen-bond acceptors (Lipinski definition) is 8. The summed E-state index contributed by atoms with van der Waals surface area (Å²) in [6.45, 7) is 4.21. The first-order valence-corrected chi connectivity index (χ1v) is 40.3. The van der Waals surface area contributed by atoms with Crippen LogP contribution in [-0.2, 0) is 32.7 Å². The molecule has 89 heavy (non-hydrogen) atoms. The Hall–Kier alpha value is -2.03. The number of nitrogens with zero attached hydrogens (tertiary/aromatic N) is 1. The van der Waals surface area contributed by atoms with E-state index in [1.807, 2.05) is 21.1 Å². The van der Waals surface area contributed by atoms with E-state index in [1.54, 1.807) is 0 Å². The van der Waals surface area contributed by atoms with Gasteiger partial charge in [-0.1, -0.05) is 377 Å². The Labute approximate surface area is 554 Å². The number of esters is 2. The molecule has 0 N–H and O–H groups in total. The maximum Gasteiger partial charge on any atom is 0.306 e. The summed E-state index contributed by atoms with van der Waals surface area (Å²) >= 11 is 0. The summed E-state index contributed by atoms with van der Waals surface area (Å²) in [5, 5.41) is 0. The summed E-state index contributed by atoms with van der Waals surface area (Å²) in [5.74, 6) is -0.808. The number of carbonyl (C=O) groups excluding carboxylic acids is 2. The Bertz CT molecular complexity index is 1640. The lowest BCUT2D eigenvalue weighted by Gasteiger charge is -2.28. The largest absolute Gasteiger partial charge is 0.756 e. The van der Waals surface area contributed by atoms with Gasteiger partial charge in [-0.2, -0.15) is 0 Å². The number of phosphoric ester groups is 1. The molecule has 0 heterocycles. The van der Waals surface area contributed by atoms with Gasteiger partial charge in [-0.05, 0) is 51.4 Å². The summed E-state index contributed by atoms with van der Waals surface area (Å²) in [7, 11) is 1.19. The maximum absolute atomic E-state index is 12.9. The van der Waals surface area contributed by atoms with E-state index < -0.39 is 26.5 Å². The van der Waals surface area contributed by atoms with Crippen molar-refractivity contribution in [2.45, 2.75) is 399 Å². The van der Waals surface area contributed by atoms with Gasteiger partial charge in [0.05, 0.1) is 27.7 Å². The Morgan fingerprint density at radius 2 is 0.640 bits per heavy atom. The van der Waals surface area contributed by atoms with E-state index in [9.17, 15) is 19.0 Å². The maximum atomic E-state index is 12.9. The number of ether oxygens (including phenoxy) is 2. The summed E-state index contributed by atoms with van der Waals surface area (Å²) in [5.41, 5.74) is 0. The Morgan fingerprint density at radius 1 is 0.360 bits per heavy atom. The highest BCUT2D eigenvalue weighted by molar-refractivity contribution is 7.45. The minimum absolute atomic E-state index is 0.0275. The van der Waals surface area contributed by atoms with Gasteiger partial charge in [-0.15, -0.1) is 0 Å². The molecule has 0 aliphatic carbocycles. The average Bonchev–Trinajstić information content (AvgIpc) is 3.60. The SMILES string of the molecule is CC/C=C\C/C=C\C/C=C\C/C=C\CCCCCCCCCCCCCCCCCCCCCCCCC(=O)OC(COC(=O)CCCCCCCCCCCCCCCCCCCCCCCCCCCCCCCC)COP(=O)([O-])OCC[N+](C)(C)C. The zero-order valence-electron chi connectivity index (χ0n) is 59.9. The molecule has 0 spiro atoms. The van der Waals surface area contributed by atoms with E-state index in [2.05, 4.69) is 62.5 Å². The number of unbranched alkanes of at least 4 members (excludes halogenated alkanes) is 51. The van der Waals surface area contributed by atoms with Crippen LogP contribution in [0.25, 0.3) is 0 Å². The molecule has 0 rings (SSSR count). The summed E-state index contributed by atoms with van der Waals surface area (Å²) in [4.78, 5) is 38.2. The number of hydrogen-bond donors (Lipinski definition) is 0. The van der Waals surface area contributed by atoms with Crippen molar-refractivity contribution in [1.29, 1.82) is 0 Å². The van der Waals surface area contributed by atoms with Crippen molar-refractivity contribution in [2.24, 2.45) is 0 Å². The van der Waals surface area contributed by atoms with Crippen molar-refractivity contribution in [3.63, 3.8) is 0 Å². The van der Waals surface area contributed by atoms with Gasteiger partial charge in [-0.3, -0.25) is 14.2 Å². The number of quaternary nitrogens is 1. The fourth-order valence-corrected chi connectivity index (χ4v) is 12.4. The van der Waals surface area contributed by atoms with Crippen molar-refractivity contribution >= 4 is 19.8 Å². The van der Waals surface area contributed by atoms with Crippen molar-refractivity contribution in [1.82, 2.24) is 0 Å². The molecule has 0 radical (unpaired) electrons. The van der Waals surface area contributed by atoms with Gasteiger partial charge in [-0.25, -0.2) is 0 Å². The van der Waals surface area contributed by atoms with E-state index in [4.69, 9.17) is 18.5 Å². The molecule has 0 bridgehead atoms. The third kappa shape index (κ3) is 74.9. The lowest BCUT2D eigenvalue weighted by molar-refractivity contribution is -0.870. The Kier molecular flexibility index (Phi) is 68.7. The van der Waals surface area contributed by atoms with Gasteiger partial charge in [0, 0.05) is 12.8 Å². The zero-order valence-corrected chi connectivity index (χ0v) is 60.8. The molecule has 0 aromatic carbocycles. The Balaban J connectivity index is 3.92. The molecular formula is C79H150NO8P. The van der Waals surface area contributed by atoms with Gasteiger partial charge in [0.15, 0.2) is 6.10 Å². The molecule has 0 aromatic rings. The van der Waals surface area contributed by atoms with Crippen molar-refractivity contribution < 1.29 is 42.1 Å². The zero-order chi connectivity index (χ0) is 64.8. The van der Waals surface area contributed by atoms with Crippen molar-refractivity contribution in [2.75, 3.05) is 47.5 Å². The molecule has 524 valence electrons.